The van der Waals surface area contributed by atoms with Crippen molar-refractivity contribution < 1.29 is 14.4 Å². The fraction of sp³-hybridized carbons (Fsp3) is 0.222. The summed E-state index contributed by atoms with van der Waals surface area (Å²) in [5.74, 6) is -0.131. The predicted molar refractivity (Wildman–Crippen MR) is 84.0 cm³/mol. The maximum atomic E-state index is 12.4. The first-order valence-electron chi connectivity index (χ1n) is 7.19. The highest BCUT2D eigenvalue weighted by molar-refractivity contribution is 5.96. The number of ether oxygens (including phenoxy) is 1. The molecule has 0 aliphatic carbocycles. The van der Waals surface area contributed by atoms with Crippen molar-refractivity contribution in [3.05, 3.63) is 65.7 Å². The van der Waals surface area contributed by atoms with Gasteiger partial charge >= 0.3 is 5.97 Å². The minimum Gasteiger partial charge on any atom is -0.424 e. The minimum atomic E-state index is -0.747. The van der Waals surface area contributed by atoms with Crippen LogP contribution in [0.25, 0.3) is 0 Å². The number of nitrogens with zero attached hydrogens (tertiary/aromatic N) is 1. The summed E-state index contributed by atoms with van der Waals surface area (Å²) in [6.45, 7) is 3.84. The molecule has 2 atom stereocenters. The average Bonchev–Trinajstić information content (AvgIpc) is 2.92. The third-order valence-corrected chi connectivity index (χ3v) is 3.69. The molecule has 1 aliphatic heterocycles. The number of aryl methyl sites for hydroxylation is 1. The molecule has 0 bridgehead atoms. The first-order valence-corrected chi connectivity index (χ1v) is 7.19. The number of esters is 1. The summed E-state index contributed by atoms with van der Waals surface area (Å²) in [6, 6.07) is 17.1. The Morgan fingerprint density at radius 2 is 1.73 bits per heavy atom. The van der Waals surface area contributed by atoms with E-state index in [-0.39, 0.29) is 5.92 Å². The molecule has 0 saturated heterocycles. The van der Waals surface area contributed by atoms with Crippen LogP contribution in [0.4, 0.5) is 0 Å². The van der Waals surface area contributed by atoms with Crippen molar-refractivity contribution in [2.45, 2.75) is 25.9 Å². The summed E-state index contributed by atoms with van der Waals surface area (Å²) < 4.78 is 5.42. The minimum absolute atomic E-state index is 0.209. The lowest BCUT2D eigenvalue weighted by Gasteiger charge is -2.17. The Bertz CT molecular complexity index is 692. The van der Waals surface area contributed by atoms with Gasteiger partial charge in [0.15, 0.2) is 0 Å². The molecule has 0 fully saturated rings. The van der Waals surface area contributed by atoms with Crippen LogP contribution in [0, 0.1) is 6.92 Å². The third kappa shape index (κ3) is 2.86. The molecular formula is C18H17NO3. The Morgan fingerprint density at radius 1 is 1.05 bits per heavy atom. The molecule has 0 radical (unpaired) electrons. The smallest absolute Gasteiger partial charge is 0.356 e. The molecule has 2 aromatic rings. The second-order valence-electron chi connectivity index (χ2n) is 5.38. The maximum absolute atomic E-state index is 12.4. The van der Waals surface area contributed by atoms with Gasteiger partial charge in [0.2, 0.25) is 6.10 Å². The highest BCUT2D eigenvalue weighted by atomic mass is 16.7. The molecule has 1 aliphatic rings. The molecule has 4 heteroatoms. The quantitative estimate of drug-likeness (QED) is 0.643. The Hall–Kier alpha value is -2.62. The van der Waals surface area contributed by atoms with Gasteiger partial charge in [-0.1, -0.05) is 53.2 Å². The summed E-state index contributed by atoms with van der Waals surface area (Å²) in [7, 11) is 0. The van der Waals surface area contributed by atoms with E-state index in [1.165, 1.54) is 0 Å². The van der Waals surface area contributed by atoms with Crippen LogP contribution in [-0.4, -0.2) is 17.8 Å². The van der Waals surface area contributed by atoms with Gasteiger partial charge in [0.1, 0.15) is 5.75 Å². The summed E-state index contributed by atoms with van der Waals surface area (Å²) in [5.41, 5.74) is 2.88. The number of hydrogen-bond donors (Lipinski definition) is 0. The number of oxime groups is 1. The zero-order chi connectivity index (χ0) is 15.5. The van der Waals surface area contributed by atoms with Gasteiger partial charge in [-0.15, -0.1) is 0 Å². The lowest BCUT2D eigenvalue weighted by Crippen LogP contribution is -2.32. The number of benzene rings is 2. The molecule has 22 heavy (non-hydrogen) atoms. The Morgan fingerprint density at radius 3 is 2.41 bits per heavy atom. The normalized spacial score (nSPS) is 20.2. The summed E-state index contributed by atoms with van der Waals surface area (Å²) in [5, 5.41) is 3.97. The molecule has 1 unspecified atom stereocenters. The van der Waals surface area contributed by atoms with Crippen molar-refractivity contribution in [3.8, 4) is 5.75 Å². The van der Waals surface area contributed by atoms with Gasteiger partial charge in [0.25, 0.3) is 0 Å². The van der Waals surface area contributed by atoms with E-state index in [4.69, 9.17) is 9.57 Å². The van der Waals surface area contributed by atoms with Crippen LogP contribution in [0.5, 0.6) is 5.75 Å². The van der Waals surface area contributed by atoms with Gasteiger partial charge in [0.05, 0.1) is 11.6 Å². The Balaban J connectivity index is 1.78. The van der Waals surface area contributed by atoms with E-state index >= 15 is 0 Å². The van der Waals surface area contributed by atoms with Crippen molar-refractivity contribution >= 4 is 11.7 Å². The van der Waals surface area contributed by atoms with E-state index < -0.39 is 12.1 Å². The summed E-state index contributed by atoms with van der Waals surface area (Å²) >= 11 is 0. The molecule has 0 aromatic heterocycles. The van der Waals surface area contributed by atoms with Gasteiger partial charge in [-0.3, -0.25) is 0 Å². The van der Waals surface area contributed by atoms with Crippen molar-refractivity contribution in [3.63, 3.8) is 0 Å². The topological polar surface area (TPSA) is 47.9 Å². The lowest BCUT2D eigenvalue weighted by atomic mass is 9.90. The van der Waals surface area contributed by atoms with Gasteiger partial charge in [-0.05, 0) is 31.5 Å². The van der Waals surface area contributed by atoms with Crippen molar-refractivity contribution in [2.75, 3.05) is 0 Å². The second-order valence-corrected chi connectivity index (χ2v) is 5.38. The van der Waals surface area contributed by atoms with E-state index in [9.17, 15) is 4.79 Å². The van der Waals surface area contributed by atoms with Crippen LogP contribution in [0.2, 0.25) is 0 Å². The Kier molecular flexibility index (Phi) is 3.92. The van der Waals surface area contributed by atoms with Crippen molar-refractivity contribution in [2.24, 2.45) is 5.16 Å². The van der Waals surface area contributed by atoms with Crippen LogP contribution in [0.15, 0.2) is 59.8 Å². The SMILES string of the molecule is CC1=NO[C@@H](C(=O)Oc2ccc(C)cc2)C1c1ccccc1. The molecular weight excluding hydrogens is 278 g/mol. The van der Waals surface area contributed by atoms with E-state index in [1.54, 1.807) is 12.1 Å². The van der Waals surface area contributed by atoms with Gasteiger partial charge in [0, 0.05) is 0 Å². The highest BCUT2D eigenvalue weighted by Gasteiger charge is 2.40. The number of rotatable bonds is 3. The molecule has 0 N–H and O–H groups in total. The first-order chi connectivity index (χ1) is 10.6. The van der Waals surface area contributed by atoms with Crippen LogP contribution in [0.3, 0.4) is 0 Å². The average molecular weight is 295 g/mol. The molecule has 0 spiro atoms. The standard InChI is InChI=1S/C18H17NO3/c1-12-8-10-15(11-9-12)21-18(20)17-16(13(2)19-22-17)14-6-4-3-5-7-14/h3-11,16-17H,1-2H3/t16?,17-/m1/s1. The Labute approximate surface area is 129 Å². The van der Waals surface area contributed by atoms with E-state index in [0.717, 1.165) is 16.8 Å². The van der Waals surface area contributed by atoms with Crippen LogP contribution in [0.1, 0.15) is 24.0 Å². The van der Waals surface area contributed by atoms with Gasteiger partial charge in [-0.2, -0.15) is 0 Å². The third-order valence-electron chi connectivity index (χ3n) is 3.69. The zero-order valence-electron chi connectivity index (χ0n) is 12.5. The van der Waals surface area contributed by atoms with Crippen LogP contribution >= 0.6 is 0 Å². The highest BCUT2D eigenvalue weighted by Crippen LogP contribution is 2.30. The lowest BCUT2D eigenvalue weighted by molar-refractivity contribution is -0.146. The van der Waals surface area contributed by atoms with Gasteiger partial charge < -0.3 is 9.57 Å². The fourth-order valence-electron chi connectivity index (χ4n) is 2.51. The molecule has 112 valence electrons. The van der Waals surface area contributed by atoms with Crippen LogP contribution in [-0.2, 0) is 9.63 Å². The number of carbonyl (C=O) groups excluding carboxylic acids is 1. The fourth-order valence-corrected chi connectivity index (χ4v) is 2.51. The molecule has 2 aromatic carbocycles. The number of hydrogen-bond acceptors (Lipinski definition) is 4. The van der Waals surface area contributed by atoms with Crippen LogP contribution < -0.4 is 4.74 Å². The number of carbonyl (C=O) groups is 1. The summed E-state index contributed by atoms with van der Waals surface area (Å²) in [6.07, 6.45) is -0.747. The summed E-state index contributed by atoms with van der Waals surface area (Å²) in [4.78, 5) is 17.7. The molecule has 1 heterocycles. The van der Waals surface area contributed by atoms with E-state index in [1.807, 2.05) is 56.3 Å². The van der Waals surface area contributed by atoms with Gasteiger partial charge in [-0.25, -0.2) is 4.79 Å². The monoisotopic (exact) mass is 295 g/mol. The molecule has 0 amide bonds. The van der Waals surface area contributed by atoms with Crippen molar-refractivity contribution in [1.82, 2.24) is 0 Å². The molecule has 4 nitrogen and oxygen atoms in total. The predicted octanol–water partition coefficient (Wildman–Crippen LogP) is 3.46. The zero-order valence-corrected chi connectivity index (χ0v) is 12.5. The molecule has 3 rings (SSSR count). The maximum Gasteiger partial charge on any atom is 0.356 e. The second kappa shape index (κ2) is 6.02. The largest absolute Gasteiger partial charge is 0.424 e. The van der Waals surface area contributed by atoms with E-state index in [0.29, 0.717) is 5.75 Å². The van der Waals surface area contributed by atoms with Crippen molar-refractivity contribution in [1.29, 1.82) is 0 Å². The van der Waals surface area contributed by atoms with E-state index in [2.05, 4.69) is 5.16 Å². The first kappa shape index (κ1) is 14.3. The molecule has 0 saturated carbocycles.